The predicted molar refractivity (Wildman–Crippen MR) is 209 cm³/mol. The van der Waals surface area contributed by atoms with Gasteiger partial charge in [-0.15, -0.1) is 5.10 Å². The predicted octanol–water partition coefficient (Wildman–Crippen LogP) is 5.55. The maximum absolute atomic E-state index is 16.5. The highest BCUT2D eigenvalue weighted by Gasteiger charge is 2.31. The summed E-state index contributed by atoms with van der Waals surface area (Å²) >= 11 is 0. The Morgan fingerprint density at radius 2 is 1.74 bits per heavy atom. The van der Waals surface area contributed by atoms with Gasteiger partial charge in [0.15, 0.2) is 5.82 Å². The molecule has 16 heteroatoms. The smallest absolute Gasteiger partial charge is 0.269 e. The van der Waals surface area contributed by atoms with Crippen LogP contribution in [-0.2, 0) is 20.9 Å². The number of carbonyl (C=O) groups excluding carboxylic acids is 4. The lowest BCUT2D eigenvalue weighted by molar-refractivity contribution is -0.134. The van der Waals surface area contributed by atoms with Gasteiger partial charge in [0.25, 0.3) is 5.91 Å². The molecule has 2 saturated heterocycles. The number of hydrogen-bond acceptors (Lipinski definition) is 8. The first-order chi connectivity index (χ1) is 27.9. The van der Waals surface area contributed by atoms with Gasteiger partial charge in [-0.25, -0.2) is 13.2 Å². The molecule has 3 aromatic heterocycles. The van der Waals surface area contributed by atoms with Crippen LogP contribution in [0.15, 0.2) is 61.1 Å². The second-order valence-electron chi connectivity index (χ2n) is 15.3. The molecular weight excluding hydrogens is 752 g/mol. The fourth-order valence-electron chi connectivity index (χ4n) is 8.25. The Hall–Kier alpha value is -6.32. The molecule has 1 atom stereocenters. The van der Waals surface area contributed by atoms with Crippen molar-refractivity contribution in [3.05, 3.63) is 101 Å². The molecule has 300 valence electrons. The van der Waals surface area contributed by atoms with Gasteiger partial charge in [0.2, 0.25) is 17.7 Å². The fraction of sp³-hybridized carbons (Fsp3) is 0.357. The van der Waals surface area contributed by atoms with Crippen molar-refractivity contribution >= 4 is 45.8 Å². The normalized spacial score (nSPS) is 17.7. The van der Waals surface area contributed by atoms with Crippen molar-refractivity contribution in [1.29, 1.82) is 0 Å². The van der Waals surface area contributed by atoms with Gasteiger partial charge >= 0.3 is 0 Å². The summed E-state index contributed by atoms with van der Waals surface area (Å²) in [7, 11) is 3.16. The van der Waals surface area contributed by atoms with E-state index in [4.69, 9.17) is 0 Å². The average Bonchev–Trinajstić information content (AvgIpc) is 3.92. The lowest BCUT2D eigenvalue weighted by Gasteiger charge is -2.34. The number of imide groups is 1. The third kappa shape index (κ3) is 7.57. The number of benzene rings is 2. The number of rotatable bonds is 9. The first-order valence-electron chi connectivity index (χ1n) is 19.4. The number of anilines is 1. The summed E-state index contributed by atoms with van der Waals surface area (Å²) in [6.45, 7) is 1.97. The Kier molecular flexibility index (Phi) is 10.6. The molecule has 1 unspecified atom stereocenters. The van der Waals surface area contributed by atoms with Crippen molar-refractivity contribution in [1.82, 2.24) is 40.1 Å². The molecule has 3 aliphatic heterocycles. The zero-order valence-electron chi connectivity index (χ0n) is 32.1. The lowest BCUT2D eigenvalue weighted by atomic mass is 9.88. The quantitative estimate of drug-likeness (QED) is 0.185. The van der Waals surface area contributed by atoms with Gasteiger partial charge in [-0.2, -0.15) is 0 Å². The van der Waals surface area contributed by atoms with Crippen LogP contribution in [0.3, 0.4) is 0 Å². The molecule has 2 aromatic carbocycles. The maximum Gasteiger partial charge on any atom is 0.269 e. The second-order valence-corrected chi connectivity index (χ2v) is 15.3. The van der Waals surface area contributed by atoms with Gasteiger partial charge in [-0.05, 0) is 78.6 Å². The molecule has 0 saturated carbocycles. The SMILES string of the molecule is CN(C)C(=O)c1cc2c(-c3ncc(C4CCN(c5ccc(C6CCC(=O)NC6=O)cc5F)CC4)cc3F)cc(C3=CCCN(C(=O)CCn4ccnn4)C3)c(F)c2[nH]1. The molecule has 8 rings (SSSR count). The minimum Gasteiger partial charge on any atom is -0.369 e. The summed E-state index contributed by atoms with van der Waals surface area (Å²) in [5.74, 6) is -3.57. The van der Waals surface area contributed by atoms with Crippen LogP contribution in [0.25, 0.3) is 27.7 Å². The van der Waals surface area contributed by atoms with Crippen LogP contribution >= 0.6 is 0 Å². The van der Waals surface area contributed by atoms with E-state index in [1.54, 1.807) is 54.3 Å². The third-order valence-corrected chi connectivity index (χ3v) is 11.4. The number of nitrogens with zero attached hydrogens (tertiary/aromatic N) is 7. The maximum atomic E-state index is 16.5. The van der Waals surface area contributed by atoms with Crippen LogP contribution in [0, 0.1) is 17.5 Å². The van der Waals surface area contributed by atoms with Gasteiger partial charge in [-0.1, -0.05) is 17.4 Å². The molecule has 3 aliphatic rings. The van der Waals surface area contributed by atoms with Crippen molar-refractivity contribution in [3.63, 3.8) is 0 Å². The summed E-state index contributed by atoms with van der Waals surface area (Å²) in [4.78, 5) is 62.6. The van der Waals surface area contributed by atoms with Gasteiger partial charge in [0, 0.05) is 82.0 Å². The average molecular weight is 794 g/mol. The highest BCUT2D eigenvalue weighted by molar-refractivity contribution is 6.04. The monoisotopic (exact) mass is 793 g/mol. The summed E-state index contributed by atoms with van der Waals surface area (Å²) in [6.07, 6.45) is 9.14. The van der Waals surface area contributed by atoms with E-state index in [0.29, 0.717) is 85.2 Å². The van der Waals surface area contributed by atoms with E-state index in [-0.39, 0.29) is 65.5 Å². The Balaban J connectivity index is 1.03. The summed E-state index contributed by atoms with van der Waals surface area (Å²) in [5, 5.41) is 10.3. The Labute approximate surface area is 331 Å². The second kappa shape index (κ2) is 15.9. The molecular formula is C42H42F3N9O4. The zero-order valence-corrected chi connectivity index (χ0v) is 32.1. The number of aryl methyl sites for hydroxylation is 1. The minimum atomic E-state index is -0.620. The molecule has 58 heavy (non-hydrogen) atoms. The summed E-state index contributed by atoms with van der Waals surface area (Å²) < 4.78 is 49.9. The van der Waals surface area contributed by atoms with E-state index in [1.807, 2.05) is 11.0 Å². The molecule has 4 amide bonds. The molecule has 2 N–H and O–H groups in total. The highest BCUT2D eigenvalue weighted by Crippen LogP contribution is 2.39. The number of nitrogens with one attached hydrogen (secondary N) is 2. The number of amides is 4. The van der Waals surface area contributed by atoms with E-state index in [2.05, 4.69) is 25.6 Å². The van der Waals surface area contributed by atoms with Gasteiger partial charge in [0.1, 0.15) is 23.0 Å². The van der Waals surface area contributed by atoms with Crippen LogP contribution in [-0.4, -0.2) is 98.7 Å². The molecule has 0 spiro atoms. The van der Waals surface area contributed by atoms with Gasteiger partial charge in [-0.3, -0.25) is 34.2 Å². The number of piperidine rings is 2. The third-order valence-electron chi connectivity index (χ3n) is 11.4. The first-order valence-corrected chi connectivity index (χ1v) is 19.4. The Morgan fingerprint density at radius 3 is 2.45 bits per heavy atom. The highest BCUT2D eigenvalue weighted by atomic mass is 19.1. The number of H-pyrrole nitrogens is 1. The van der Waals surface area contributed by atoms with Gasteiger partial charge in [0.05, 0.1) is 29.9 Å². The van der Waals surface area contributed by atoms with E-state index in [1.165, 1.54) is 29.3 Å². The van der Waals surface area contributed by atoms with Crippen molar-refractivity contribution in [3.8, 4) is 11.3 Å². The van der Waals surface area contributed by atoms with Crippen LogP contribution in [0.4, 0.5) is 18.9 Å². The molecule has 2 fully saturated rings. The van der Waals surface area contributed by atoms with Crippen molar-refractivity contribution in [2.75, 3.05) is 45.2 Å². The lowest BCUT2D eigenvalue weighted by Crippen LogP contribution is -2.39. The Morgan fingerprint density at radius 1 is 0.948 bits per heavy atom. The van der Waals surface area contributed by atoms with E-state index < -0.39 is 29.3 Å². The zero-order chi connectivity index (χ0) is 40.7. The molecule has 5 aromatic rings. The summed E-state index contributed by atoms with van der Waals surface area (Å²) in [6, 6.07) is 9.27. The summed E-state index contributed by atoms with van der Waals surface area (Å²) in [5.41, 5.74) is 2.80. The number of pyridine rings is 1. The molecule has 0 radical (unpaired) electrons. The van der Waals surface area contributed by atoms with Crippen LogP contribution in [0.5, 0.6) is 0 Å². The van der Waals surface area contributed by atoms with Crippen molar-refractivity contribution in [2.24, 2.45) is 0 Å². The minimum absolute atomic E-state index is 0.00867. The molecule has 0 aliphatic carbocycles. The van der Waals surface area contributed by atoms with Crippen LogP contribution < -0.4 is 10.2 Å². The number of aromatic nitrogens is 5. The largest absolute Gasteiger partial charge is 0.369 e. The van der Waals surface area contributed by atoms with Gasteiger partial charge < -0.3 is 19.7 Å². The fourth-order valence-corrected chi connectivity index (χ4v) is 8.25. The van der Waals surface area contributed by atoms with E-state index in [0.717, 1.165) is 0 Å². The van der Waals surface area contributed by atoms with E-state index >= 15 is 13.2 Å². The van der Waals surface area contributed by atoms with Crippen LogP contribution in [0.1, 0.15) is 77.5 Å². The van der Waals surface area contributed by atoms with E-state index in [9.17, 15) is 19.2 Å². The number of aromatic amines is 1. The molecule has 13 nitrogen and oxygen atoms in total. The Bertz CT molecular complexity index is 2460. The number of fused-ring (bicyclic) bond motifs is 1. The number of hydrogen-bond donors (Lipinski definition) is 2. The van der Waals surface area contributed by atoms with Crippen LogP contribution in [0.2, 0.25) is 0 Å². The molecule has 6 heterocycles. The first kappa shape index (κ1) is 38.5. The molecule has 0 bridgehead atoms. The topological polar surface area (TPSA) is 149 Å². The standard InChI is InChI=1S/C42H42F3N9O4/c1-51(2)42(58)34-21-31-30(20-29(38(45)40(31)48-34)26-4-3-13-53(23-26)37(56)11-16-54-17-12-47-50-54)39-33(44)19-27(22-46-39)24-9-14-52(15-10-24)35-7-5-25(18-32(35)43)28-6-8-36(55)49-41(28)57/h4-5,7,12,17-22,24,28,48H,3,6,8-11,13-16,23H2,1-2H3,(H,49,55,57). The van der Waals surface area contributed by atoms with Crippen molar-refractivity contribution < 1.29 is 32.3 Å². The number of halogens is 3. The number of carbonyl (C=O) groups is 4. The van der Waals surface area contributed by atoms with Crippen molar-refractivity contribution in [2.45, 2.75) is 56.9 Å².